The Labute approximate surface area is 270 Å². The van der Waals surface area contributed by atoms with Crippen LogP contribution in [0.15, 0.2) is 49.4 Å². The molecule has 5 heterocycles. The summed E-state index contributed by atoms with van der Waals surface area (Å²) < 4.78 is 49.9. The largest absolute Gasteiger partial charge is 0.488 e. The lowest BCUT2D eigenvalue weighted by atomic mass is 9.76. The number of aliphatic hydroxyl groups is 1. The fourth-order valence-corrected chi connectivity index (χ4v) is 6.68. The highest BCUT2D eigenvalue weighted by atomic mass is 19.3. The van der Waals surface area contributed by atoms with E-state index in [4.69, 9.17) is 4.74 Å². The van der Waals surface area contributed by atoms with Crippen molar-refractivity contribution in [3.63, 3.8) is 0 Å². The van der Waals surface area contributed by atoms with Gasteiger partial charge in [0.15, 0.2) is 0 Å². The maximum Gasteiger partial charge on any atom is 0.320 e. The van der Waals surface area contributed by atoms with Crippen molar-refractivity contribution >= 4 is 16.9 Å². The predicted octanol–water partition coefficient (Wildman–Crippen LogP) is 4.88. The highest BCUT2D eigenvalue weighted by Crippen LogP contribution is 2.39. The minimum Gasteiger partial charge on any atom is -0.488 e. The van der Waals surface area contributed by atoms with Gasteiger partial charge < -0.3 is 19.6 Å². The number of rotatable bonds is 10. The Kier molecular flexibility index (Phi) is 8.60. The molecular weight excluding hydrogens is 613 g/mol. The van der Waals surface area contributed by atoms with Crippen molar-refractivity contribution in [1.82, 2.24) is 39.3 Å². The number of imidazole rings is 1. The number of pyridine rings is 1. The van der Waals surface area contributed by atoms with Crippen LogP contribution in [-0.4, -0.2) is 88.7 Å². The number of piperidine rings is 1. The summed E-state index contributed by atoms with van der Waals surface area (Å²) in [5.74, 6) is -0.121. The van der Waals surface area contributed by atoms with Gasteiger partial charge in [-0.25, -0.2) is 14.1 Å². The van der Waals surface area contributed by atoms with Crippen molar-refractivity contribution < 1.29 is 27.8 Å². The summed E-state index contributed by atoms with van der Waals surface area (Å²) in [5, 5.41) is 20.0. The van der Waals surface area contributed by atoms with E-state index in [1.54, 1.807) is 12.1 Å². The number of fused-ring (bicyclic) bond motifs is 1. The van der Waals surface area contributed by atoms with Gasteiger partial charge in [-0.05, 0) is 70.9 Å². The van der Waals surface area contributed by atoms with Crippen LogP contribution in [0.3, 0.4) is 0 Å². The van der Waals surface area contributed by atoms with Crippen LogP contribution in [0, 0.1) is 18.7 Å². The molecule has 47 heavy (non-hydrogen) atoms. The summed E-state index contributed by atoms with van der Waals surface area (Å²) in [6, 6.07) is 5.92. The number of benzene rings is 1. The Balaban J connectivity index is 1.19. The Morgan fingerprint density at radius 2 is 1.98 bits per heavy atom. The van der Waals surface area contributed by atoms with Crippen molar-refractivity contribution in [2.45, 2.75) is 64.3 Å². The van der Waals surface area contributed by atoms with Gasteiger partial charge in [-0.1, -0.05) is 11.8 Å². The van der Waals surface area contributed by atoms with Gasteiger partial charge in [-0.15, -0.1) is 5.10 Å². The number of likely N-dealkylation sites (tertiary alicyclic amines) is 2. The lowest BCUT2D eigenvalue weighted by Crippen LogP contribution is -2.68. The fraction of sp³-hybridized carbons (Fsp3) is 0.485. The number of hydrogen-bond donors (Lipinski definition) is 1. The first-order valence-corrected chi connectivity index (χ1v) is 15.6. The maximum absolute atomic E-state index is 13.9. The number of carbonyl (C=O) groups excluding carboxylic acids is 1. The Bertz CT molecular complexity index is 1780. The molecule has 6 rings (SSSR count). The average molecular weight is 653 g/mol. The van der Waals surface area contributed by atoms with Crippen molar-refractivity contribution in [3.05, 3.63) is 66.6 Å². The molecule has 0 spiro atoms. The molecule has 4 aromatic rings. The van der Waals surface area contributed by atoms with E-state index in [1.165, 1.54) is 25.1 Å². The van der Waals surface area contributed by atoms with E-state index in [0.717, 1.165) is 57.2 Å². The standard InChI is InChI=1S/C33H39F3N8O3/c1-6-28(45)43-17-22(32(43,3)4)16-41-11-9-24(10-12-41)44-20(2)29(39-40-44)21-13-25-30(42(19-38-25)31(35)36)26(14-21)47-18-33(5,46)27-8-7-23(34)15-37-27/h6-8,13-15,19,22,24,31,46H,1,9-12,16-18H2,2-5H3. The molecular formula is C33H39F3N8O3. The molecule has 2 unspecified atom stereocenters. The Morgan fingerprint density at radius 3 is 2.62 bits per heavy atom. The maximum atomic E-state index is 13.9. The van der Waals surface area contributed by atoms with Crippen LogP contribution < -0.4 is 4.74 Å². The van der Waals surface area contributed by atoms with Gasteiger partial charge >= 0.3 is 6.55 Å². The predicted molar refractivity (Wildman–Crippen MR) is 168 cm³/mol. The molecule has 1 amide bonds. The fourth-order valence-electron chi connectivity index (χ4n) is 6.68. The molecule has 0 bridgehead atoms. The van der Waals surface area contributed by atoms with Gasteiger partial charge in [0.2, 0.25) is 5.91 Å². The molecule has 1 N–H and O–H groups in total. The van der Waals surface area contributed by atoms with Crippen LogP contribution in [0.4, 0.5) is 13.2 Å². The molecule has 2 fully saturated rings. The van der Waals surface area contributed by atoms with Gasteiger partial charge in [0, 0.05) is 43.2 Å². The van der Waals surface area contributed by atoms with Gasteiger partial charge in [0.25, 0.3) is 0 Å². The van der Waals surface area contributed by atoms with E-state index in [2.05, 4.69) is 45.6 Å². The third-order valence-electron chi connectivity index (χ3n) is 9.75. The van der Waals surface area contributed by atoms with Crippen molar-refractivity contribution in [2.24, 2.45) is 5.92 Å². The molecule has 2 atom stereocenters. The molecule has 2 saturated heterocycles. The zero-order valence-corrected chi connectivity index (χ0v) is 26.9. The van der Waals surface area contributed by atoms with Crippen molar-refractivity contribution in [2.75, 3.05) is 32.8 Å². The monoisotopic (exact) mass is 652 g/mol. The van der Waals surface area contributed by atoms with Crippen LogP contribution in [-0.2, 0) is 10.4 Å². The number of nitrogens with zero attached hydrogens (tertiary/aromatic N) is 8. The molecule has 0 radical (unpaired) electrons. The molecule has 0 saturated carbocycles. The summed E-state index contributed by atoms with van der Waals surface area (Å²) in [6.07, 6.45) is 5.16. The number of hydrogen-bond acceptors (Lipinski definition) is 8. The number of halogens is 3. The number of ether oxygens (including phenoxy) is 1. The van der Waals surface area contributed by atoms with E-state index >= 15 is 0 Å². The number of alkyl halides is 2. The minimum atomic E-state index is -2.87. The van der Waals surface area contributed by atoms with Gasteiger partial charge in [-0.3, -0.25) is 14.3 Å². The highest BCUT2D eigenvalue weighted by Gasteiger charge is 2.48. The van der Waals surface area contributed by atoms with Gasteiger partial charge in [0.1, 0.15) is 41.3 Å². The zero-order valence-electron chi connectivity index (χ0n) is 26.9. The first-order valence-electron chi connectivity index (χ1n) is 15.6. The quantitative estimate of drug-likeness (QED) is 0.241. The van der Waals surface area contributed by atoms with E-state index in [-0.39, 0.29) is 46.6 Å². The molecule has 2 aliphatic heterocycles. The lowest BCUT2D eigenvalue weighted by molar-refractivity contribution is -0.149. The van der Waals surface area contributed by atoms with E-state index in [1.807, 2.05) is 16.5 Å². The average Bonchev–Trinajstić information content (AvgIpc) is 3.65. The highest BCUT2D eigenvalue weighted by molar-refractivity contribution is 5.88. The zero-order chi connectivity index (χ0) is 33.7. The minimum absolute atomic E-state index is 0.0307. The number of aromatic nitrogens is 6. The second-order valence-electron chi connectivity index (χ2n) is 13.2. The van der Waals surface area contributed by atoms with Crippen LogP contribution in [0.5, 0.6) is 5.75 Å². The molecule has 11 nitrogen and oxygen atoms in total. The molecule has 14 heteroatoms. The van der Waals surface area contributed by atoms with E-state index in [0.29, 0.717) is 21.7 Å². The number of amides is 1. The summed E-state index contributed by atoms with van der Waals surface area (Å²) in [5.41, 5.74) is 0.628. The summed E-state index contributed by atoms with van der Waals surface area (Å²) in [4.78, 5) is 24.6. The molecule has 3 aromatic heterocycles. The number of carbonyl (C=O) groups is 1. The van der Waals surface area contributed by atoms with Gasteiger partial charge in [-0.2, -0.15) is 8.78 Å². The summed E-state index contributed by atoms with van der Waals surface area (Å²) in [7, 11) is 0. The van der Waals surface area contributed by atoms with Crippen molar-refractivity contribution in [1.29, 1.82) is 0 Å². The van der Waals surface area contributed by atoms with Crippen LogP contribution in [0.2, 0.25) is 0 Å². The lowest BCUT2D eigenvalue weighted by Gasteiger charge is -2.56. The first kappa shape index (κ1) is 32.6. The van der Waals surface area contributed by atoms with Crippen LogP contribution in [0.1, 0.15) is 57.6 Å². The smallest absolute Gasteiger partial charge is 0.320 e. The summed E-state index contributed by atoms with van der Waals surface area (Å²) in [6.45, 7) is 11.4. The van der Waals surface area contributed by atoms with Crippen LogP contribution in [0.25, 0.3) is 22.3 Å². The SMILES string of the molecule is C=CC(=O)N1CC(CN2CCC(n3nnc(-c4cc(OCC(C)(O)c5ccc(F)cn5)c5c(c4)ncn5C(F)F)c3C)CC2)C1(C)C. The third-order valence-corrected chi connectivity index (χ3v) is 9.75. The van der Waals surface area contributed by atoms with Gasteiger partial charge in [0.05, 0.1) is 29.1 Å². The normalized spacial score (nSPS) is 19.9. The topological polar surface area (TPSA) is 114 Å². The molecule has 2 aliphatic rings. The molecule has 1 aromatic carbocycles. The first-order chi connectivity index (χ1) is 22.3. The van der Waals surface area contributed by atoms with Crippen LogP contribution >= 0.6 is 0 Å². The second-order valence-corrected chi connectivity index (χ2v) is 13.2. The third kappa shape index (κ3) is 6.11. The van der Waals surface area contributed by atoms with E-state index < -0.39 is 18.0 Å². The van der Waals surface area contributed by atoms with Crippen molar-refractivity contribution in [3.8, 4) is 17.0 Å². The Morgan fingerprint density at radius 1 is 1.23 bits per heavy atom. The molecule has 0 aliphatic carbocycles. The summed E-state index contributed by atoms with van der Waals surface area (Å²) >= 11 is 0. The second kappa shape index (κ2) is 12.4. The van der Waals surface area contributed by atoms with E-state index in [9.17, 15) is 23.1 Å². The Hall–Kier alpha value is -4.30. The molecule has 250 valence electrons.